The maximum absolute atomic E-state index is 14.0. The Labute approximate surface area is 128 Å². The lowest BCUT2D eigenvalue weighted by Gasteiger charge is -2.12. The van der Waals surface area contributed by atoms with Gasteiger partial charge < -0.3 is 10.1 Å². The van der Waals surface area contributed by atoms with Crippen molar-refractivity contribution >= 4 is 37.5 Å². The Morgan fingerprint density at radius 3 is 2.37 bits per heavy atom. The van der Waals surface area contributed by atoms with Crippen LogP contribution in [0.1, 0.15) is 5.56 Å². The van der Waals surface area contributed by atoms with Crippen molar-refractivity contribution in [2.24, 2.45) is 0 Å². The van der Waals surface area contributed by atoms with Crippen LogP contribution in [0.25, 0.3) is 0 Å². The quantitative estimate of drug-likeness (QED) is 0.798. The van der Waals surface area contributed by atoms with Gasteiger partial charge in [0.25, 0.3) is 0 Å². The Morgan fingerprint density at radius 2 is 1.74 bits per heavy atom. The molecule has 19 heavy (non-hydrogen) atoms. The molecular weight excluding hydrogens is 377 g/mol. The van der Waals surface area contributed by atoms with Crippen LogP contribution >= 0.6 is 31.9 Å². The summed E-state index contributed by atoms with van der Waals surface area (Å²) in [6, 6.07) is 10.9. The van der Waals surface area contributed by atoms with Crippen molar-refractivity contribution in [2.45, 2.75) is 6.54 Å². The number of para-hydroxylation sites is 1. The summed E-state index contributed by atoms with van der Waals surface area (Å²) in [5.74, 6) is -0.0776. The van der Waals surface area contributed by atoms with Gasteiger partial charge in [-0.05, 0) is 50.1 Å². The lowest BCUT2D eigenvalue weighted by Crippen LogP contribution is -2.04. The van der Waals surface area contributed by atoms with E-state index in [1.54, 1.807) is 18.2 Å². The summed E-state index contributed by atoms with van der Waals surface area (Å²) >= 11 is 6.91. The summed E-state index contributed by atoms with van der Waals surface area (Å²) in [5.41, 5.74) is 1.45. The van der Waals surface area contributed by atoms with E-state index in [2.05, 4.69) is 37.2 Å². The number of nitrogens with one attached hydrogen (secondary N) is 1. The molecule has 0 saturated carbocycles. The van der Waals surface area contributed by atoms with Crippen LogP contribution in [0.3, 0.4) is 0 Å². The maximum atomic E-state index is 14.0. The highest BCUT2D eigenvalue weighted by Crippen LogP contribution is 2.31. The van der Waals surface area contributed by atoms with E-state index >= 15 is 0 Å². The molecule has 0 spiro atoms. The number of hydrogen-bond acceptors (Lipinski definition) is 2. The molecule has 0 saturated heterocycles. The molecule has 0 unspecified atom stereocenters. The third-order valence-electron chi connectivity index (χ3n) is 2.68. The van der Waals surface area contributed by atoms with Crippen LogP contribution in [0.5, 0.6) is 5.75 Å². The molecule has 0 atom stereocenters. The third-order valence-corrected chi connectivity index (χ3v) is 4.00. The van der Waals surface area contributed by atoms with E-state index in [9.17, 15) is 4.39 Å². The molecule has 0 radical (unpaired) electrons. The molecule has 100 valence electrons. The van der Waals surface area contributed by atoms with E-state index in [0.29, 0.717) is 12.1 Å². The standard InChI is InChI=1S/C14H12Br2FNO/c1-19-12-7-2-4-9(13(12)17)8-18-14-10(15)5-3-6-11(14)16/h2-7,18H,8H2,1H3. The van der Waals surface area contributed by atoms with E-state index in [1.807, 2.05) is 18.2 Å². The van der Waals surface area contributed by atoms with Gasteiger partial charge in [0.15, 0.2) is 11.6 Å². The maximum Gasteiger partial charge on any atom is 0.170 e. The predicted molar refractivity (Wildman–Crippen MR) is 82.1 cm³/mol. The lowest BCUT2D eigenvalue weighted by molar-refractivity contribution is 0.384. The molecule has 0 aliphatic rings. The van der Waals surface area contributed by atoms with Crippen LogP contribution in [0, 0.1) is 5.82 Å². The third kappa shape index (κ3) is 3.28. The molecule has 1 N–H and O–H groups in total. The van der Waals surface area contributed by atoms with Gasteiger partial charge in [-0.2, -0.15) is 0 Å². The number of rotatable bonds is 4. The molecule has 0 heterocycles. The van der Waals surface area contributed by atoms with Gasteiger partial charge in [-0.25, -0.2) is 4.39 Å². The summed E-state index contributed by atoms with van der Waals surface area (Å²) in [6.45, 7) is 0.379. The number of anilines is 1. The van der Waals surface area contributed by atoms with Crippen molar-refractivity contribution in [1.82, 2.24) is 0 Å². The molecule has 0 fully saturated rings. The number of halogens is 3. The fourth-order valence-corrected chi connectivity index (χ4v) is 2.98. The summed E-state index contributed by atoms with van der Waals surface area (Å²) in [5, 5.41) is 3.20. The van der Waals surface area contributed by atoms with E-state index < -0.39 is 0 Å². The Balaban J connectivity index is 2.19. The monoisotopic (exact) mass is 387 g/mol. The molecule has 5 heteroatoms. The summed E-state index contributed by atoms with van der Waals surface area (Å²) < 4.78 is 20.8. The van der Waals surface area contributed by atoms with Crippen LogP contribution < -0.4 is 10.1 Å². The van der Waals surface area contributed by atoms with Crippen molar-refractivity contribution in [1.29, 1.82) is 0 Å². The molecule has 0 aromatic heterocycles. The van der Waals surface area contributed by atoms with Gasteiger partial charge in [0, 0.05) is 21.1 Å². The zero-order valence-corrected chi connectivity index (χ0v) is 13.4. The topological polar surface area (TPSA) is 21.3 Å². The Hall–Kier alpha value is -1.07. The van der Waals surface area contributed by atoms with Gasteiger partial charge in [-0.15, -0.1) is 0 Å². The first-order chi connectivity index (χ1) is 9.13. The molecule has 0 aliphatic heterocycles. The fourth-order valence-electron chi connectivity index (χ4n) is 1.70. The Bertz CT molecular complexity index is 569. The highest BCUT2D eigenvalue weighted by atomic mass is 79.9. The van der Waals surface area contributed by atoms with Crippen LogP contribution in [-0.2, 0) is 6.54 Å². The number of hydrogen-bond donors (Lipinski definition) is 1. The molecule has 2 nitrogen and oxygen atoms in total. The zero-order chi connectivity index (χ0) is 13.8. The van der Waals surface area contributed by atoms with Crippen LogP contribution in [0.4, 0.5) is 10.1 Å². The van der Waals surface area contributed by atoms with E-state index in [1.165, 1.54) is 7.11 Å². The molecular formula is C14H12Br2FNO. The number of benzene rings is 2. The molecule has 2 rings (SSSR count). The normalized spacial score (nSPS) is 10.3. The molecule has 2 aromatic rings. The average Bonchev–Trinajstić information content (AvgIpc) is 2.40. The molecule has 2 aromatic carbocycles. The number of ether oxygens (including phenoxy) is 1. The van der Waals surface area contributed by atoms with Crippen molar-refractivity contribution in [3.05, 3.63) is 56.7 Å². The minimum Gasteiger partial charge on any atom is -0.494 e. The van der Waals surface area contributed by atoms with Gasteiger partial charge >= 0.3 is 0 Å². The zero-order valence-electron chi connectivity index (χ0n) is 10.2. The van der Waals surface area contributed by atoms with Crippen LogP contribution in [-0.4, -0.2) is 7.11 Å². The SMILES string of the molecule is COc1cccc(CNc2c(Br)cccc2Br)c1F. The van der Waals surface area contributed by atoms with Crippen LogP contribution in [0.2, 0.25) is 0 Å². The largest absolute Gasteiger partial charge is 0.494 e. The van der Waals surface area contributed by atoms with Crippen molar-refractivity contribution in [3.8, 4) is 5.75 Å². The van der Waals surface area contributed by atoms with Crippen molar-refractivity contribution in [2.75, 3.05) is 12.4 Å². The second kappa shape index (κ2) is 6.39. The predicted octanol–water partition coefficient (Wildman–Crippen LogP) is 4.97. The summed E-state index contributed by atoms with van der Waals surface area (Å²) in [6.07, 6.45) is 0. The van der Waals surface area contributed by atoms with Gasteiger partial charge in [0.05, 0.1) is 12.8 Å². The average molecular weight is 389 g/mol. The molecule has 0 bridgehead atoms. The second-order valence-electron chi connectivity index (χ2n) is 3.88. The van der Waals surface area contributed by atoms with Crippen molar-refractivity contribution in [3.63, 3.8) is 0 Å². The summed E-state index contributed by atoms with van der Waals surface area (Å²) in [4.78, 5) is 0. The molecule has 0 amide bonds. The number of methoxy groups -OCH3 is 1. The summed E-state index contributed by atoms with van der Waals surface area (Å²) in [7, 11) is 1.46. The Kier molecular flexibility index (Phi) is 4.82. The van der Waals surface area contributed by atoms with Gasteiger partial charge in [0.2, 0.25) is 0 Å². The second-order valence-corrected chi connectivity index (χ2v) is 5.59. The minimum atomic E-state index is -0.333. The lowest BCUT2D eigenvalue weighted by atomic mass is 10.2. The fraction of sp³-hybridized carbons (Fsp3) is 0.143. The van der Waals surface area contributed by atoms with E-state index in [0.717, 1.165) is 14.6 Å². The first kappa shape index (κ1) is 14.3. The Morgan fingerprint density at radius 1 is 1.11 bits per heavy atom. The van der Waals surface area contributed by atoms with Gasteiger partial charge in [0.1, 0.15) is 0 Å². The van der Waals surface area contributed by atoms with Crippen molar-refractivity contribution < 1.29 is 9.13 Å². The smallest absolute Gasteiger partial charge is 0.170 e. The first-order valence-electron chi connectivity index (χ1n) is 5.62. The molecule has 0 aliphatic carbocycles. The highest BCUT2D eigenvalue weighted by molar-refractivity contribution is 9.11. The highest BCUT2D eigenvalue weighted by Gasteiger charge is 2.09. The van der Waals surface area contributed by atoms with Gasteiger partial charge in [-0.1, -0.05) is 18.2 Å². The van der Waals surface area contributed by atoms with Gasteiger partial charge in [-0.3, -0.25) is 0 Å². The van der Waals surface area contributed by atoms with E-state index in [4.69, 9.17) is 4.74 Å². The first-order valence-corrected chi connectivity index (χ1v) is 7.21. The van der Waals surface area contributed by atoms with Crippen LogP contribution in [0.15, 0.2) is 45.3 Å². The van der Waals surface area contributed by atoms with E-state index in [-0.39, 0.29) is 11.6 Å². The minimum absolute atomic E-state index is 0.255.